The molecule has 25 heavy (non-hydrogen) atoms. The number of nitrogens with zero attached hydrogens (tertiary/aromatic N) is 1. The zero-order valence-electron chi connectivity index (χ0n) is 14.3. The van der Waals surface area contributed by atoms with Gasteiger partial charge in [0.05, 0.1) is 4.90 Å². The van der Waals surface area contributed by atoms with E-state index in [4.69, 9.17) is 9.94 Å². The van der Waals surface area contributed by atoms with Crippen LogP contribution in [0, 0.1) is 0 Å². The van der Waals surface area contributed by atoms with Crippen LogP contribution in [0.15, 0.2) is 29.2 Å². The number of hydroxylamine groups is 1. The fraction of sp³-hybridized carbons (Fsp3) is 0.533. The standard InChI is InChI=1S/C15H22N2O6S2/c1-15(2,3)23-11-4-6-12(7-5-11)25(21,22)17-8-9-24(20)10-13(17)14(18)16-19/h4-7,13,19H,8-10H2,1-3H3,(H,16,18). The summed E-state index contributed by atoms with van der Waals surface area (Å²) in [6.45, 7) is 5.57. The summed E-state index contributed by atoms with van der Waals surface area (Å²) in [5.74, 6) is -0.392. The highest BCUT2D eigenvalue weighted by atomic mass is 32.2. The van der Waals surface area contributed by atoms with Gasteiger partial charge in [0.25, 0.3) is 5.91 Å². The molecule has 2 unspecified atom stereocenters. The number of rotatable bonds is 4. The Balaban J connectivity index is 2.30. The third kappa shape index (κ3) is 4.78. The van der Waals surface area contributed by atoms with E-state index in [-0.39, 0.29) is 22.9 Å². The van der Waals surface area contributed by atoms with Crippen LogP contribution in [-0.4, -0.2) is 57.7 Å². The summed E-state index contributed by atoms with van der Waals surface area (Å²) < 4.78 is 44.0. The second kappa shape index (κ2) is 7.40. The second-order valence-electron chi connectivity index (χ2n) is 6.60. The van der Waals surface area contributed by atoms with Gasteiger partial charge in [-0.05, 0) is 45.0 Å². The lowest BCUT2D eigenvalue weighted by molar-refractivity contribution is -0.132. The smallest absolute Gasteiger partial charge is 0.262 e. The van der Waals surface area contributed by atoms with Gasteiger partial charge in [-0.2, -0.15) is 4.31 Å². The molecule has 140 valence electrons. The SMILES string of the molecule is CC(C)(C)Oc1ccc(S(=O)(=O)N2CCS(=O)CC2C(=O)NO)cc1. The Kier molecular flexibility index (Phi) is 5.87. The van der Waals surface area contributed by atoms with E-state index < -0.39 is 38.4 Å². The van der Waals surface area contributed by atoms with Gasteiger partial charge in [-0.3, -0.25) is 14.2 Å². The summed E-state index contributed by atoms with van der Waals surface area (Å²) in [7, 11) is -5.30. The van der Waals surface area contributed by atoms with Gasteiger partial charge in [0.1, 0.15) is 17.4 Å². The summed E-state index contributed by atoms with van der Waals surface area (Å²) in [4.78, 5) is 11.8. The topological polar surface area (TPSA) is 113 Å². The summed E-state index contributed by atoms with van der Waals surface area (Å²) in [6, 6.07) is 4.67. The Morgan fingerprint density at radius 3 is 2.44 bits per heavy atom. The summed E-state index contributed by atoms with van der Waals surface area (Å²) >= 11 is 0. The van der Waals surface area contributed by atoms with Crippen molar-refractivity contribution >= 4 is 26.7 Å². The first-order chi connectivity index (χ1) is 11.5. The molecule has 0 bridgehead atoms. The number of hydrogen-bond acceptors (Lipinski definition) is 6. The maximum atomic E-state index is 12.8. The van der Waals surface area contributed by atoms with Crippen LogP contribution >= 0.6 is 0 Å². The quantitative estimate of drug-likeness (QED) is 0.571. The number of carbonyl (C=O) groups is 1. The summed E-state index contributed by atoms with van der Waals surface area (Å²) in [5, 5.41) is 8.84. The van der Waals surface area contributed by atoms with E-state index in [1.807, 2.05) is 20.8 Å². The zero-order valence-corrected chi connectivity index (χ0v) is 15.9. The van der Waals surface area contributed by atoms with Crippen LogP contribution in [0.4, 0.5) is 0 Å². The van der Waals surface area contributed by atoms with Crippen LogP contribution in [0.3, 0.4) is 0 Å². The van der Waals surface area contributed by atoms with Crippen molar-refractivity contribution in [1.82, 2.24) is 9.79 Å². The molecular weight excluding hydrogens is 368 g/mol. The normalized spacial score (nSPS) is 22.4. The van der Waals surface area contributed by atoms with E-state index in [1.165, 1.54) is 17.6 Å². The largest absolute Gasteiger partial charge is 0.488 e. The molecule has 1 saturated heterocycles. The summed E-state index contributed by atoms with van der Waals surface area (Å²) in [5.41, 5.74) is 1.03. The van der Waals surface area contributed by atoms with Gasteiger partial charge in [0.15, 0.2) is 0 Å². The minimum Gasteiger partial charge on any atom is -0.488 e. The molecular formula is C15H22N2O6S2. The molecule has 1 fully saturated rings. The van der Waals surface area contributed by atoms with Gasteiger partial charge < -0.3 is 4.74 Å². The van der Waals surface area contributed by atoms with E-state index in [0.29, 0.717) is 5.75 Å². The third-order valence-electron chi connectivity index (χ3n) is 3.50. The Labute approximate surface area is 149 Å². The van der Waals surface area contributed by atoms with Gasteiger partial charge >= 0.3 is 0 Å². The Bertz CT molecular complexity index is 755. The van der Waals surface area contributed by atoms with E-state index >= 15 is 0 Å². The number of nitrogens with one attached hydrogen (secondary N) is 1. The van der Waals surface area contributed by atoms with E-state index in [1.54, 1.807) is 12.1 Å². The number of hydrogen-bond donors (Lipinski definition) is 2. The number of ether oxygens (including phenoxy) is 1. The van der Waals surface area contributed by atoms with Gasteiger partial charge in [-0.15, -0.1) is 0 Å². The van der Waals surface area contributed by atoms with Gasteiger partial charge in [0, 0.05) is 28.9 Å². The minimum atomic E-state index is -3.98. The van der Waals surface area contributed by atoms with Gasteiger partial charge in [0.2, 0.25) is 10.0 Å². The first-order valence-corrected chi connectivity index (χ1v) is 10.6. The average molecular weight is 390 g/mol. The molecule has 1 aliphatic rings. The number of amides is 1. The maximum Gasteiger partial charge on any atom is 0.262 e. The molecule has 0 aliphatic carbocycles. The second-order valence-corrected chi connectivity index (χ2v) is 10.1. The predicted molar refractivity (Wildman–Crippen MR) is 92.3 cm³/mol. The first-order valence-electron chi connectivity index (χ1n) is 7.64. The highest BCUT2D eigenvalue weighted by molar-refractivity contribution is 7.89. The molecule has 0 aromatic heterocycles. The van der Waals surface area contributed by atoms with Gasteiger partial charge in [-0.1, -0.05) is 0 Å². The molecule has 1 amide bonds. The van der Waals surface area contributed by atoms with Crippen LogP contribution in [0.1, 0.15) is 20.8 Å². The fourth-order valence-electron chi connectivity index (χ4n) is 2.43. The third-order valence-corrected chi connectivity index (χ3v) is 6.75. The molecule has 0 spiro atoms. The van der Waals surface area contributed by atoms with Crippen molar-refractivity contribution in [2.24, 2.45) is 0 Å². The molecule has 1 heterocycles. The molecule has 0 saturated carbocycles. The Morgan fingerprint density at radius 1 is 1.32 bits per heavy atom. The number of benzene rings is 1. The van der Waals surface area contributed by atoms with E-state index in [0.717, 1.165) is 4.31 Å². The average Bonchev–Trinajstić information content (AvgIpc) is 2.52. The molecule has 2 N–H and O–H groups in total. The lowest BCUT2D eigenvalue weighted by atomic mass is 10.2. The monoisotopic (exact) mass is 390 g/mol. The Hall–Kier alpha value is -1.49. The molecule has 10 heteroatoms. The van der Waals surface area contributed by atoms with Crippen molar-refractivity contribution in [3.63, 3.8) is 0 Å². The van der Waals surface area contributed by atoms with Crippen molar-refractivity contribution in [2.45, 2.75) is 37.3 Å². The predicted octanol–water partition coefficient (Wildman–Crippen LogP) is 0.491. The van der Waals surface area contributed by atoms with Crippen LogP contribution in [0.2, 0.25) is 0 Å². The first kappa shape index (κ1) is 19.8. The molecule has 1 aliphatic heterocycles. The van der Waals surface area contributed by atoms with E-state index in [2.05, 4.69) is 0 Å². The zero-order chi connectivity index (χ0) is 18.8. The molecule has 0 radical (unpaired) electrons. The van der Waals surface area contributed by atoms with Crippen molar-refractivity contribution in [2.75, 3.05) is 18.1 Å². The van der Waals surface area contributed by atoms with Crippen LogP contribution in [-0.2, 0) is 25.6 Å². The highest BCUT2D eigenvalue weighted by Gasteiger charge is 2.40. The van der Waals surface area contributed by atoms with Crippen molar-refractivity contribution in [3.05, 3.63) is 24.3 Å². The van der Waals surface area contributed by atoms with Crippen molar-refractivity contribution in [1.29, 1.82) is 0 Å². The van der Waals surface area contributed by atoms with E-state index in [9.17, 15) is 17.4 Å². The Morgan fingerprint density at radius 2 is 1.92 bits per heavy atom. The summed E-state index contributed by atoms with van der Waals surface area (Å²) in [6.07, 6.45) is 0. The lowest BCUT2D eigenvalue weighted by Gasteiger charge is -2.32. The van der Waals surface area contributed by atoms with Crippen molar-refractivity contribution in [3.8, 4) is 5.75 Å². The molecule has 2 rings (SSSR count). The number of sulfonamides is 1. The highest BCUT2D eigenvalue weighted by Crippen LogP contribution is 2.25. The van der Waals surface area contributed by atoms with Crippen LogP contribution < -0.4 is 10.2 Å². The van der Waals surface area contributed by atoms with Crippen LogP contribution in [0.5, 0.6) is 5.75 Å². The molecule has 8 nitrogen and oxygen atoms in total. The van der Waals surface area contributed by atoms with Crippen LogP contribution in [0.25, 0.3) is 0 Å². The molecule has 2 atom stereocenters. The molecule has 1 aromatic carbocycles. The lowest BCUT2D eigenvalue weighted by Crippen LogP contribution is -2.55. The van der Waals surface area contributed by atoms with Gasteiger partial charge in [-0.25, -0.2) is 13.9 Å². The number of carbonyl (C=O) groups excluding carboxylic acids is 1. The molecule has 1 aromatic rings. The maximum absolute atomic E-state index is 12.8. The minimum absolute atomic E-state index is 0.00261. The fourth-order valence-corrected chi connectivity index (χ4v) is 5.48. The van der Waals surface area contributed by atoms with Crippen molar-refractivity contribution < 1.29 is 27.4 Å².